The molecule has 0 fully saturated rings. The molecule has 0 saturated carbocycles. The summed E-state index contributed by atoms with van der Waals surface area (Å²) < 4.78 is 5.07. The van der Waals surface area contributed by atoms with Gasteiger partial charge in [0.2, 0.25) is 5.91 Å². The van der Waals surface area contributed by atoms with Gasteiger partial charge in [-0.3, -0.25) is 14.4 Å². The van der Waals surface area contributed by atoms with Crippen molar-refractivity contribution in [2.75, 3.05) is 10.6 Å². The Balaban J connectivity index is 1.30. The minimum atomic E-state index is -0.558. The lowest BCUT2D eigenvalue weighted by Gasteiger charge is -2.16. The number of anilines is 2. The summed E-state index contributed by atoms with van der Waals surface area (Å²) in [6.07, 6.45) is 1.64. The fourth-order valence-electron chi connectivity index (χ4n) is 3.94. The van der Waals surface area contributed by atoms with Crippen molar-refractivity contribution in [1.82, 2.24) is 10.5 Å². The van der Waals surface area contributed by atoms with Gasteiger partial charge in [0.15, 0.2) is 5.82 Å². The molecule has 2 heterocycles. The van der Waals surface area contributed by atoms with Crippen LogP contribution in [0.2, 0.25) is 0 Å². The van der Waals surface area contributed by atoms with Gasteiger partial charge in [-0.2, -0.15) is 11.3 Å². The number of carbonyl (C=O) groups is 3. The van der Waals surface area contributed by atoms with E-state index in [4.69, 9.17) is 4.52 Å². The van der Waals surface area contributed by atoms with Crippen molar-refractivity contribution in [1.29, 1.82) is 0 Å². The molecule has 1 atom stereocenters. The van der Waals surface area contributed by atoms with E-state index in [0.29, 0.717) is 22.8 Å². The number of aromatic nitrogens is 1. The van der Waals surface area contributed by atoms with Crippen LogP contribution < -0.4 is 16.0 Å². The Bertz CT molecular complexity index is 1680. The molecular formula is C32H26N4O4S2. The molecule has 3 N–H and O–H groups in total. The summed E-state index contributed by atoms with van der Waals surface area (Å²) in [5.74, 6) is -0.142. The molecule has 2 aromatic heterocycles. The lowest BCUT2D eigenvalue weighted by atomic mass is 10.1. The number of hydrogen-bond donors (Lipinski definition) is 3. The van der Waals surface area contributed by atoms with Crippen LogP contribution in [-0.2, 0) is 9.59 Å². The number of aryl methyl sites for hydroxylation is 1. The Morgan fingerprint density at radius 3 is 2.26 bits per heavy atom. The van der Waals surface area contributed by atoms with Gasteiger partial charge in [0.05, 0.1) is 0 Å². The average molecular weight is 595 g/mol. The van der Waals surface area contributed by atoms with Crippen LogP contribution in [0.15, 0.2) is 123 Å². The van der Waals surface area contributed by atoms with E-state index in [-0.39, 0.29) is 17.5 Å². The van der Waals surface area contributed by atoms with E-state index < -0.39 is 11.2 Å². The molecule has 5 rings (SSSR count). The van der Waals surface area contributed by atoms with Crippen molar-refractivity contribution in [3.63, 3.8) is 0 Å². The second kappa shape index (κ2) is 13.6. The number of rotatable bonds is 10. The van der Waals surface area contributed by atoms with Crippen LogP contribution in [-0.4, -0.2) is 22.9 Å². The number of thiophene rings is 1. The predicted octanol–water partition coefficient (Wildman–Crippen LogP) is 6.93. The molecule has 0 aliphatic rings. The summed E-state index contributed by atoms with van der Waals surface area (Å²) in [5.41, 5.74) is 2.72. The molecule has 5 aromatic rings. The van der Waals surface area contributed by atoms with Crippen molar-refractivity contribution in [2.24, 2.45) is 0 Å². The monoisotopic (exact) mass is 594 g/mol. The van der Waals surface area contributed by atoms with E-state index in [1.54, 1.807) is 55.5 Å². The largest absolute Gasteiger partial charge is 0.360 e. The van der Waals surface area contributed by atoms with Crippen molar-refractivity contribution in [3.05, 3.63) is 136 Å². The van der Waals surface area contributed by atoms with E-state index >= 15 is 0 Å². The minimum absolute atomic E-state index is 0.115. The van der Waals surface area contributed by atoms with Gasteiger partial charge in [0, 0.05) is 22.2 Å². The zero-order chi connectivity index (χ0) is 29.3. The molecule has 10 heteroatoms. The highest BCUT2D eigenvalue weighted by Crippen LogP contribution is 2.36. The molecular weight excluding hydrogens is 569 g/mol. The van der Waals surface area contributed by atoms with Gasteiger partial charge in [-0.05, 0) is 77.4 Å². The molecule has 0 aliphatic carbocycles. The maximum atomic E-state index is 13.3. The van der Waals surface area contributed by atoms with E-state index in [2.05, 4.69) is 21.1 Å². The van der Waals surface area contributed by atoms with Crippen LogP contribution in [0.4, 0.5) is 11.5 Å². The first-order chi connectivity index (χ1) is 20.4. The molecule has 0 radical (unpaired) electrons. The number of nitrogens with zero attached hydrogens (tertiary/aromatic N) is 1. The van der Waals surface area contributed by atoms with Crippen molar-refractivity contribution in [2.45, 2.75) is 17.1 Å². The number of amides is 3. The van der Waals surface area contributed by atoms with Gasteiger partial charge >= 0.3 is 0 Å². The highest BCUT2D eigenvalue weighted by molar-refractivity contribution is 8.00. The summed E-state index contributed by atoms with van der Waals surface area (Å²) in [6.45, 7) is 1.75. The average Bonchev–Trinajstić information content (AvgIpc) is 3.68. The van der Waals surface area contributed by atoms with Crippen LogP contribution in [0.25, 0.3) is 6.08 Å². The van der Waals surface area contributed by atoms with Crippen molar-refractivity contribution < 1.29 is 18.9 Å². The maximum Gasteiger partial charge on any atom is 0.272 e. The zero-order valence-corrected chi connectivity index (χ0v) is 24.1. The number of nitrogens with one attached hydrogen (secondary N) is 3. The van der Waals surface area contributed by atoms with Crippen LogP contribution in [0.3, 0.4) is 0 Å². The summed E-state index contributed by atoms with van der Waals surface area (Å²) in [6, 6.07) is 28.8. The summed E-state index contributed by atoms with van der Waals surface area (Å²) >= 11 is 2.86. The van der Waals surface area contributed by atoms with Crippen molar-refractivity contribution >= 4 is 58.4 Å². The molecule has 0 aliphatic heterocycles. The van der Waals surface area contributed by atoms with E-state index in [1.165, 1.54) is 23.1 Å². The molecule has 42 heavy (non-hydrogen) atoms. The first-order valence-corrected chi connectivity index (χ1v) is 14.7. The minimum Gasteiger partial charge on any atom is -0.360 e. The van der Waals surface area contributed by atoms with E-state index in [0.717, 1.165) is 16.0 Å². The standard InChI is InChI=1S/C32H26N4O4S2/c1-21-18-28(36-40-21)35-32(39)29(23-8-4-2-5-9-23)42-26-14-12-25(13-15-26)33-31(38)27(19-22-16-17-41-20-22)34-30(37)24-10-6-3-7-11-24/h2-20,29H,1H3,(H,33,38)(H,34,37)(H,35,36,39)/b27-19-. The molecule has 3 aromatic carbocycles. The molecule has 3 amide bonds. The molecule has 1 unspecified atom stereocenters. The highest BCUT2D eigenvalue weighted by atomic mass is 32.2. The second-order valence-electron chi connectivity index (χ2n) is 9.13. The quantitative estimate of drug-likeness (QED) is 0.119. The first kappa shape index (κ1) is 28.6. The SMILES string of the molecule is Cc1cc(NC(=O)C(Sc2ccc(NC(=O)/C(=C/c3ccsc3)NC(=O)c3ccccc3)cc2)c2ccccc2)no1. The van der Waals surface area contributed by atoms with Crippen LogP contribution in [0, 0.1) is 6.92 Å². The van der Waals surface area contributed by atoms with Gasteiger partial charge < -0.3 is 20.5 Å². The Morgan fingerprint density at radius 2 is 1.62 bits per heavy atom. The van der Waals surface area contributed by atoms with Gasteiger partial charge in [0.25, 0.3) is 11.8 Å². The third-order valence-corrected chi connectivity index (χ3v) is 7.94. The third-order valence-electron chi connectivity index (χ3n) is 5.97. The normalized spacial score (nSPS) is 11.9. The molecule has 0 spiro atoms. The smallest absolute Gasteiger partial charge is 0.272 e. The third kappa shape index (κ3) is 7.62. The van der Waals surface area contributed by atoms with Crippen molar-refractivity contribution in [3.8, 4) is 0 Å². The summed E-state index contributed by atoms with van der Waals surface area (Å²) in [5, 5.41) is 15.5. The first-order valence-electron chi connectivity index (χ1n) is 12.9. The number of carbonyl (C=O) groups excluding carboxylic acids is 3. The highest BCUT2D eigenvalue weighted by Gasteiger charge is 2.23. The Kier molecular flexibility index (Phi) is 9.27. The summed E-state index contributed by atoms with van der Waals surface area (Å²) in [4.78, 5) is 40.1. The van der Waals surface area contributed by atoms with Gasteiger partial charge in [-0.25, -0.2) is 0 Å². The fourth-order valence-corrected chi connectivity index (χ4v) is 5.58. The maximum absolute atomic E-state index is 13.3. The van der Waals surface area contributed by atoms with Gasteiger partial charge in [0.1, 0.15) is 16.7 Å². The topological polar surface area (TPSA) is 113 Å². The Labute approximate surface area is 250 Å². The molecule has 8 nitrogen and oxygen atoms in total. The van der Waals surface area contributed by atoms with Gasteiger partial charge in [-0.15, -0.1) is 11.8 Å². The Hall–Kier alpha value is -4.93. The van der Waals surface area contributed by atoms with E-state index in [9.17, 15) is 14.4 Å². The number of benzene rings is 3. The zero-order valence-electron chi connectivity index (χ0n) is 22.4. The van der Waals surface area contributed by atoms with E-state index in [1.807, 2.05) is 65.4 Å². The fraction of sp³-hybridized carbons (Fsp3) is 0.0625. The van der Waals surface area contributed by atoms with Crippen LogP contribution >= 0.6 is 23.1 Å². The second-order valence-corrected chi connectivity index (χ2v) is 11.1. The van der Waals surface area contributed by atoms with Gasteiger partial charge in [-0.1, -0.05) is 53.7 Å². The lowest BCUT2D eigenvalue weighted by molar-refractivity contribution is -0.116. The van der Waals surface area contributed by atoms with Crippen LogP contribution in [0.5, 0.6) is 0 Å². The predicted molar refractivity (Wildman–Crippen MR) is 166 cm³/mol. The molecule has 0 saturated heterocycles. The lowest BCUT2D eigenvalue weighted by Crippen LogP contribution is -2.30. The molecule has 0 bridgehead atoms. The number of hydrogen-bond acceptors (Lipinski definition) is 7. The molecule has 210 valence electrons. The number of thioether (sulfide) groups is 1. The van der Waals surface area contributed by atoms with Crippen LogP contribution in [0.1, 0.15) is 32.5 Å². The summed E-state index contributed by atoms with van der Waals surface area (Å²) in [7, 11) is 0. The Morgan fingerprint density at radius 1 is 0.905 bits per heavy atom.